The van der Waals surface area contributed by atoms with E-state index in [0.717, 1.165) is 32.1 Å². The van der Waals surface area contributed by atoms with Crippen LogP contribution < -0.4 is 0 Å². The molecule has 3 rings (SSSR count). The Morgan fingerprint density at radius 3 is 2.42 bits per heavy atom. The number of rotatable bonds is 1. The van der Waals surface area contributed by atoms with Crippen molar-refractivity contribution in [1.29, 1.82) is 0 Å². The van der Waals surface area contributed by atoms with Crippen molar-refractivity contribution in [3.63, 3.8) is 0 Å². The van der Waals surface area contributed by atoms with E-state index in [1.807, 2.05) is 13.8 Å². The molecule has 1 saturated carbocycles. The summed E-state index contributed by atoms with van der Waals surface area (Å²) in [5.41, 5.74) is -0.429. The van der Waals surface area contributed by atoms with Crippen molar-refractivity contribution in [3.8, 4) is 0 Å². The van der Waals surface area contributed by atoms with Gasteiger partial charge in [0.25, 0.3) is 0 Å². The van der Waals surface area contributed by atoms with Crippen LogP contribution in [0, 0.1) is 23.2 Å². The van der Waals surface area contributed by atoms with Crippen molar-refractivity contribution in [2.75, 3.05) is 0 Å². The predicted molar refractivity (Wildman–Crippen MR) is 86.1 cm³/mol. The first-order valence-corrected chi connectivity index (χ1v) is 9.15. The van der Waals surface area contributed by atoms with Gasteiger partial charge in [0.15, 0.2) is 0 Å². The normalized spacial score (nSPS) is 42.2. The van der Waals surface area contributed by atoms with Crippen LogP contribution >= 0.6 is 0 Å². The molecule has 24 heavy (non-hydrogen) atoms. The number of hydrogen-bond donors (Lipinski definition) is 0. The van der Waals surface area contributed by atoms with Gasteiger partial charge in [-0.2, -0.15) is 13.2 Å². The fraction of sp³-hybridized carbons (Fsp3) is 0.895. The smallest absolute Gasteiger partial charge is 0.448 e. The van der Waals surface area contributed by atoms with Gasteiger partial charge in [-0.1, -0.05) is 13.8 Å². The van der Waals surface area contributed by atoms with Gasteiger partial charge >= 0.3 is 6.18 Å². The molecule has 0 N–H and O–H groups in total. The molecule has 5 heteroatoms. The van der Waals surface area contributed by atoms with Crippen LogP contribution in [0.25, 0.3) is 0 Å². The highest BCUT2D eigenvalue weighted by atomic mass is 19.4. The molecule has 2 nitrogen and oxygen atoms in total. The van der Waals surface area contributed by atoms with Crippen LogP contribution in [0.5, 0.6) is 0 Å². The highest BCUT2D eigenvalue weighted by Crippen LogP contribution is 2.63. The Morgan fingerprint density at radius 1 is 1.17 bits per heavy atom. The van der Waals surface area contributed by atoms with Crippen molar-refractivity contribution in [2.45, 2.75) is 84.8 Å². The lowest BCUT2D eigenvalue weighted by Gasteiger charge is -2.57. The van der Waals surface area contributed by atoms with Crippen LogP contribution in [0.15, 0.2) is 11.3 Å². The highest BCUT2D eigenvalue weighted by molar-refractivity contribution is 5.24. The maximum Gasteiger partial charge on any atom is 0.448 e. The molecule has 5 unspecified atom stereocenters. The van der Waals surface area contributed by atoms with E-state index in [4.69, 9.17) is 9.47 Å². The maximum atomic E-state index is 13.5. The molecule has 2 fully saturated rings. The summed E-state index contributed by atoms with van der Waals surface area (Å²) in [4.78, 5) is 0. The summed E-state index contributed by atoms with van der Waals surface area (Å²) in [5, 5.41) is 0. The van der Waals surface area contributed by atoms with Crippen molar-refractivity contribution < 1.29 is 22.6 Å². The quantitative estimate of drug-likeness (QED) is 0.595. The van der Waals surface area contributed by atoms with Gasteiger partial charge in [-0.05, 0) is 76.2 Å². The number of halogens is 3. The van der Waals surface area contributed by atoms with E-state index >= 15 is 0 Å². The van der Waals surface area contributed by atoms with Crippen molar-refractivity contribution in [2.24, 2.45) is 23.2 Å². The van der Waals surface area contributed by atoms with E-state index in [9.17, 15) is 13.2 Å². The van der Waals surface area contributed by atoms with Gasteiger partial charge in [0.1, 0.15) is 0 Å². The summed E-state index contributed by atoms with van der Waals surface area (Å²) in [6, 6.07) is 0. The van der Waals surface area contributed by atoms with Crippen molar-refractivity contribution in [3.05, 3.63) is 11.3 Å². The Labute approximate surface area is 142 Å². The summed E-state index contributed by atoms with van der Waals surface area (Å²) < 4.78 is 52.4. The van der Waals surface area contributed by atoms with Crippen molar-refractivity contribution >= 4 is 0 Å². The molecular weight excluding hydrogens is 317 g/mol. The molecule has 5 atom stereocenters. The lowest BCUT2D eigenvalue weighted by atomic mass is 9.52. The first-order chi connectivity index (χ1) is 11.0. The molecule has 138 valence electrons. The molecule has 3 aliphatic rings. The maximum absolute atomic E-state index is 13.5. The van der Waals surface area contributed by atoms with E-state index in [0.29, 0.717) is 17.4 Å². The number of allylic oxidation sites excluding steroid dienone is 2. The lowest BCUT2D eigenvalue weighted by Crippen LogP contribution is -2.57. The minimum atomic E-state index is -4.46. The second-order valence-electron chi connectivity index (χ2n) is 8.56. The minimum Gasteiger partial charge on any atom is -0.459 e. The van der Waals surface area contributed by atoms with Gasteiger partial charge in [-0.25, -0.2) is 0 Å². The van der Waals surface area contributed by atoms with E-state index in [1.54, 1.807) is 6.92 Å². The SMILES string of the molecule is CCC12C3OC(C(F)(F)F)=C(C)C1CCC(C)C2CCC(C)(C)O3. The van der Waals surface area contributed by atoms with E-state index < -0.39 is 23.8 Å². The Hall–Kier alpha value is -0.710. The molecule has 2 aliphatic heterocycles. The largest absolute Gasteiger partial charge is 0.459 e. The first kappa shape index (κ1) is 18.1. The molecule has 1 saturated heterocycles. The fourth-order valence-electron chi connectivity index (χ4n) is 5.62. The molecule has 0 spiro atoms. The van der Waals surface area contributed by atoms with Gasteiger partial charge in [-0.15, -0.1) is 0 Å². The summed E-state index contributed by atoms with van der Waals surface area (Å²) in [5.74, 6) is -0.0802. The van der Waals surface area contributed by atoms with Crippen molar-refractivity contribution in [1.82, 2.24) is 0 Å². The number of ether oxygens (including phenoxy) is 2. The first-order valence-electron chi connectivity index (χ1n) is 9.15. The zero-order valence-corrected chi connectivity index (χ0v) is 15.3. The van der Waals surface area contributed by atoms with Crippen LogP contribution in [-0.2, 0) is 9.47 Å². The molecule has 1 aliphatic carbocycles. The molecule has 0 amide bonds. The molecule has 0 aromatic carbocycles. The Bertz CT molecular complexity index is 537. The molecular formula is C19H29F3O2. The van der Waals surface area contributed by atoms with Crippen LogP contribution in [0.4, 0.5) is 13.2 Å². The van der Waals surface area contributed by atoms with E-state index in [2.05, 4.69) is 13.8 Å². The topological polar surface area (TPSA) is 18.5 Å². The van der Waals surface area contributed by atoms with Gasteiger partial charge in [-0.3, -0.25) is 0 Å². The van der Waals surface area contributed by atoms with Crippen LogP contribution in [-0.4, -0.2) is 18.1 Å². The van der Waals surface area contributed by atoms with Gasteiger partial charge in [0, 0.05) is 5.41 Å². The third-order valence-electron chi connectivity index (χ3n) is 6.83. The average molecular weight is 346 g/mol. The van der Waals surface area contributed by atoms with Gasteiger partial charge in [0.2, 0.25) is 12.0 Å². The van der Waals surface area contributed by atoms with Gasteiger partial charge in [0.05, 0.1) is 5.60 Å². The molecule has 0 bridgehead atoms. The molecule has 0 aromatic rings. The molecule has 0 aromatic heterocycles. The Kier molecular flexibility index (Phi) is 4.26. The second kappa shape index (κ2) is 5.65. The number of alkyl halides is 3. The summed E-state index contributed by atoms with van der Waals surface area (Å²) in [6.07, 6.45) is -0.854. The second-order valence-corrected chi connectivity index (χ2v) is 8.56. The van der Waals surface area contributed by atoms with E-state index in [-0.39, 0.29) is 11.3 Å². The van der Waals surface area contributed by atoms with E-state index in [1.165, 1.54) is 0 Å². The summed E-state index contributed by atoms with van der Waals surface area (Å²) >= 11 is 0. The fourth-order valence-corrected chi connectivity index (χ4v) is 5.62. The predicted octanol–water partition coefficient (Wildman–Crippen LogP) is 5.83. The van der Waals surface area contributed by atoms with Crippen LogP contribution in [0.3, 0.4) is 0 Å². The lowest BCUT2D eigenvalue weighted by molar-refractivity contribution is -0.290. The molecule has 2 heterocycles. The number of hydrogen-bond acceptors (Lipinski definition) is 2. The summed E-state index contributed by atoms with van der Waals surface area (Å²) in [7, 11) is 0. The zero-order valence-electron chi connectivity index (χ0n) is 15.3. The minimum absolute atomic E-state index is 0.104. The Morgan fingerprint density at radius 2 is 1.83 bits per heavy atom. The van der Waals surface area contributed by atoms with Crippen LogP contribution in [0.1, 0.15) is 66.7 Å². The van der Waals surface area contributed by atoms with Gasteiger partial charge < -0.3 is 9.47 Å². The third-order valence-corrected chi connectivity index (χ3v) is 6.83. The monoisotopic (exact) mass is 346 g/mol. The Balaban J connectivity index is 2.16. The summed E-state index contributed by atoms with van der Waals surface area (Å²) in [6.45, 7) is 9.88. The third kappa shape index (κ3) is 2.58. The molecule has 0 radical (unpaired) electrons. The zero-order chi connectivity index (χ0) is 17.9. The average Bonchev–Trinajstić information content (AvgIpc) is 2.58. The van der Waals surface area contributed by atoms with Crippen LogP contribution in [0.2, 0.25) is 0 Å². The standard InChI is InChI=1S/C19H29F3O2/c1-6-18-13-9-10-17(4,5)24-16(18)23-15(19(20,21)22)12(3)14(18)8-7-11(13)2/h11,13-14,16H,6-10H2,1-5H3. The highest BCUT2D eigenvalue weighted by Gasteiger charge is 2.62.